The molecule has 2 heterocycles. The Hall–Kier alpha value is -1.56. The summed E-state index contributed by atoms with van der Waals surface area (Å²) < 4.78 is 6.05. The van der Waals surface area contributed by atoms with E-state index in [1.54, 1.807) is 18.0 Å². The smallest absolute Gasteiger partial charge is 0.133 e. The van der Waals surface area contributed by atoms with Gasteiger partial charge in [-0.1, -0.05) is 18.2 Å². The van der Waals surface area contributed by atoms with Gasteiger partial charge in [-0.15, -0.1) is 11.8 Å². The van der Waals surface area contributed by atoms with Crippen LogP contribution in [0.25, 0.3) is 0 Å². The first kappa shape index (κ1) is 12.5. The number of ether oxygens (including phenoxy) is 1. The summed E-state index contributed by atoms with van der Waals surface area (Å²) in [5, 5.41) is 0. The third-order valence-corrected chi connectivity index (χ3v) is 4.27. The summed E-state index contributed by atoms with van der Waals surface area (Å²) in [4.78, 5) is 5.32. The highest BCUT2D eigenvalue weighted by molar-refractivity contribution is 7.99. The molecule has 0 radical (unpaired) electrons. The van der Waals surface area contributed by atoms with Gasteiger partial charge in [-0.3, -0.25) is 10.8 Å². The molecule has 0 aliphatic carbocycles. The number of benzene rings is 1. The number of aromatic nitrogens is 1. The van der Waals surface area contributed by atoms with E-state index in [9.17, 15) is 0 Å². The van der Waals surface area contributed by atoms with Gasteiger partial charge in [0, 0.05) is 23.0 Å². The van der Waals surface area contributed by atoms with Crippen molar-refractivity contribution in [2.45, 2.75) is 17.0 Å². The van der Waals surface area contributed by atoms with Crippen molar-refractivity contribution in [1.82, 2.24) is 10.4 Å². The molecule has 0 saturated heterocycles. The van der Waals surface area contributed by atoms with Crippen molar-refractivity contribution in [3.05, 3.63) is 54.4 Å². The Balaban J connectivity index is 1.83. The number of nitrogens with one attached hydrogen (secondary N) is 1. The second-order valence-electron chi connectivity index (χ2n) is 4.34. The van der Waals surface area contributed by atoms with E-state index in [2.05, 4.69) is 16.5 Å². The highest BCUT2D eigenvalue weighted by Gasteiger charge is 2.28. The molecule has 1 aliphatic heterocycles. The van der Waals surface area contributed by atoms with Gasteiger partial charge in [0.05, 0.1) is 6.04 Å². The van der Waals surface area contributed by atoms with Crippen molar-refractivity contribution in [3.8, 4) is 5.75 Å². The quantitative estimate of drug-likeness (QED) is 0.663. The lowest BCUT2D eigenvalue weighted by Gasteiger charge is -2.31. The molecule has 0 amide bonds. The number of fused-ring (bicyclic) bond motifs is 1. The molecular formula is C14H15N3OS. The number of nitrogens with two attached hydrogens (primary N) is 1. The standard InChI is InChI=1S/C14H15N3OS/c15-17-14(10-4-3-7-16-8-10)12-9-19-13-6-2-1-5-11(13)18-12/h1-8,12,14,17H,9,15H2. The molecule has 19 heavy (non-hydrogen) atoms. The van der Waals surface area contributed by atoms with Gasteiger partial charge in [-0.05, 0) is 23.8 Å². The summed E-state index contributed by atoms with van der Waals surface area (Å²) in [6.45, 7) is 0. The predicted octanol–water partition coefficient (Wildman–Crippen LogP) is 2.14. The van der Waals surface area contributed by atoms with E-state index in [4.69, 9.17) is 10.6 Å². The molecule has 2 unspecified atom stereocenters. The van der Waals surface area contributed by atoms with E-state index in [-0.39, 0.29) is 12.1 Å². The molecule has 2 aromatic rings. The number of nitrogens with zero attached hydrogens (tertiary/aromatic N) is 1. The van der Waals surface area contributed by atoms with Crippen LogP contribution >= 0.6 is 11.8 Å². The molecule has 3 rings (SSSR count). The van der Waals surface area contributed by atoms with Crippen LogP contribution in [0.2, 0.25) is 0 Å². The summed E-state index contributed by atoms with van der Waals surface area (Å²) in [6.07, 6.45) is 3.57. The van der Waals surface area contributed by atoms with Crippen LogP contribution in [0.1, 0.15) is 11.6 Å². The summed E-state index contributed by atoms with van der Waals surface area (Å²) in [6, 6.07) is 11.9. The zero-order chi connectivity index (χ0) is 13.1. The Morgan fingerprint density at radius 3 is 3.00 bits per heavy atom. The van der Waals surface area contributed by atoms with Gasteiger partial charge in [0.15, 0.2) is 0 Å². The maximum Gasteiger partial charge on any atom is 0.133 e. The van der Waals surface area contributed by atoms with Crippen molar-refractivity contribution < 1.29 is 4.74 Å². The van der Waals surface area contributed by atoms with Crippen molar-refractivity contribution in [2.75, 3.05) is 5.75 Å². The lowest BCUT2D eigenvalue weighted by atomic mass is 10.1. The Morgan fingerprint density at radius 1 is 1.32 bits per heavy atom. The molecule has 0 spiro atoms. The maximum absolute atomic E-state index is 6.05. The van der Waals surface area contributed by atoms with Crippen LogP contribution in [-0.4, -0.2) is 16.8 Å². The zero-order valence-electron chi connectivity index (χ0n) is 10.3. The van der Waals surface area contributed by atoms with Crippen molar-refractivity contribution in [3.63, 3.8) is 0 Å². The minimum absolute atomic E-state index is 0.00546. The molecule has 2 atom stereocenters. The lowest BCUT2D eigenvalue weighted by Crippen LogP contribution is -2.42. The molecule has 3 N–H and O–H groups in total. The lowest BCUT2D eigenvalue weighted by molar-refractivity contribution is 0.166. The van der Waals surface area contributed by atoms with Gasteiger partial charge in [-0.2, -0.15) is 0 Å². The van der Waals surface area contributed by atoms with Gasteiger partial charge >= 0.3 is 0 Å². The highest BCUT2D eigenvalue weighted by atomic mass is 32.2. The normalized spacial score (nSPS) is 19.3. The molecule has 0 fully saturated rings. The Bertz CT molecular complexity index is 549. The number of hydrogen-bond donors (Lipinski definition) is 2. The average molecular weight is 273 g/mol. The van der Waals surface area contributed by atoms with E-state index in [0.29, 0.717) is 0 Å². The van der Waals surface area contributed by atoms with E-state index in [0.717, 1.165) is 17.1 Å². The van der Waals surface area contributed by atoms with E-state index >= 15 is 0 Å². The number of pyridine rings is 1. The summed E-state index contributed by atoms with van der Waals surface area (Å²) in [5.74, 6) is 7.47. The van der Waals surface area contributed by atoms with E-state index in [1.165, 1.54) is 4.90 Å². The SMILES string of the molecule is NNC(c1cccnc1)C1CSc2ccccc2O1. The minimum atomic E-state index is -0.0606. The van der Waals surface area contributed by atoms with Crippen molar-refractivity contribution in [2.24, 2.45) is 5.84 Å². The summed E-state index contributed by atoms with van der Waals surface area (Å²) in [5.41, 5.74) is 3.88. The molecular weight excluding hydrogens is 258 g/mol. The van der Waals surface area contributed by atoms with Crippen molar-refractivity contribution in [1.29, 1.82) is 0 Å². The number of para-hydroxylation sites is 1. The van der Waals surface area contributed by atoms with Crippen LogP contribution in [-0.2, 0) is 0 Å². The molecule has 1 aliphatic rings. The zero-order valence-corrected chi connectivity index (χ0v) is 11.1. The Kier molecular flexibility index (Phi) is 3.68. The number of rotatable bonds is 3. The largest absolute Gasteiger partial charge is 0.486 e. The number of thioether (sulfide) groups is 1. The second-order valence-corrected chi connectivity index (χ2v) is 5.41. The third-order valence-electron chi connectivity index (χ3n) is 3.13. The molecule has 1 aromatic heterocycles. The van der Waals surface area contributed by atoms with Crippen LogP contribution in [0, 0.1) is 0 Å². The first-order chi connectivity index (χ1) is 9.38. The van der Waals surface area contributed by atoms with Crippen LogP contribution in [0.5, 0.6) is 5.75 Å². The van der Waals surface area contributed by atoms with Crippen molar-refractivity contribution >= 4 is 11.8 Å². The van der Waals surface area contributed by atoms with Gasteiger partial charge in [0.1, 0.15) is 11.9 Å². The van der Waals surface area contributed by atoms with E-state index < -0.39 is 0 Å². The summed E-state index contributed by atoms with van der Waals surface area (Å²) >= 11 is 1.79. The van der Waals surface area contributed by atoms with Gasteiger partial charge in [0.25, 0.3) is 0 Å². The predicted molar refractivity (Wildman–Crippen MR) is 75.9 cm³/mol. The fraction of sp³-hybridized carbons (Fsp3) is 0.214. The van der Waals surface area contributed by atoms with Gasteiger partial charge < -0.3 is 4.74 Å². The first-order valence-corrected chi connectivity index (χ1v) is 7.11. The monoisotopic (exact) mass is 273 g/mol. The van der Waals surface area contributed by atoms with Crippen LogP contribution in [0.3, 0.4) is 0 Å². The fourth-order valence-electron chi connectivity index (χ4n) is 2.18. The van der Waals surface area contributed by atoms with Gasteiger partial charge in [0.2, 0.25) is 0 Å². The molecule has 0 bridgehead atoms. The topological polar surface area (TPSA) is 60.2 Å². The average Bonchev–Trinajstić information content (AvgIpc) is 2.49. The Morgan fingerprint density at radius 2 is 2.21 bits per heavy atom. The van der Waals surface area contributed by atoms with E-state index in [1.807, 2.05) is 36.5 Å². The second kappa shape index (κ2) is 5.61. The van der Waals surface area contributed by atoms with Gasteiger partial charge in [-0.25, -0.2) is 5.43 Å². The highest BCUT2D eigenvalue weighted by Crippen LogP contribution is 2.37. The molecule has 0 saturated carbocycles. The molecule has 5 heteroatoms. The fourth-order valence-corrected chi connectivity index (χ4v) is 3.22. The minimum Gasteiger partial charge on any atom is -0.486 e. The van der Waals surface area contributed by atoms with Crippen LogP contribution in [0.4, 0.5) is 0 Å². The maximum atomic E-state index is 6.05. The Labute approximate surface area is 116 Å². The summed E-state index contributed by atoms with van der Waals surface area (Å²) in [7, 11) is 0. The number of hydrogen-bond acceptors (Lipinski definition) is 5. The third kappa shape index (κ3) is 2.58. The molecule has 98 valence electrons. The molecule has 4 nitrogen and oxygen atoms in total. The number of hydrazine groups is 1. The van der Waals surface area contributed by atoms with Crippen LogP contribution in [0.15, 0.2) is 53.7 Å². The first-order valence-electron chi connectivity index (χ1n) is 6.13. The molecule has 1 aromatic carbocycles. The van der Waals surface area contributed by atoms with Crippen LogP contribution < -0.4 is 16.0 Å².